The summed E-state index contributed by atoms with van der Waals surface area (Å²) in [7, 11) is 0. The van der Waals surface area contributed by atoms with E-state index in [0.29, 0.717) is 11.1 Å². The van der Waals surface area contributed by atoms with Gasteiger partial charge in [0.25, 0.3) is 0 Å². The third-order valence-electron chi connectivity index (χ3n) is 3.70. The number of benzene rings is 1. The Bertz CT molecular complexity index is 757. The number of hydrogen-bond acceptors (Lipinski definition) is 5. The highest BCUT2D eigenvalue weighted by Crippen LogP contribution is 2.32. The van der Waals surface area contributed by atoms with Crippen LogP contribution in [0.5, 0.6) is 0 Å². The van der Waals surface area contributed by atoms with Crippen LogP contribution in [0.1, 0.15) is 24.3 Å². The molecule has 0 radical (unpaired) electrons. The van der Waals surface area contributed by atoms with Gasteiger partial charge in [-0.25, -0.2) is 9.45 Å². The lowest BCUT2D eigenvalue weighted by molar-refractivity contribution is -0.192. The first-order chi connectivity index (χ1) is 12.4. The predicted octanol–water partition coefficient (Wildman–Crippen LogP) is 3.40. The number of hydroxylamine groups is 2. The van der Waals surface area contributed by atoms with Crippen molar-refractivity contribution in [2.75, 3.05) is 13.3 Å². The molecule has 1 aromatic carbocycles. The monoisotopic (exact) mass is 373 g/mol. The van der Waals surface area contributed by atoms with Crippen LogP contribution in [0, 0.1) is 5.92 Å². The van der Waals surface area contributed by atoms with Gasteiger partial charge in [0, 0.05) is 11.5 Å². The van der Waals surface area contributed by atoms with Crippen LogP contribution in [-0.4, -0.2) is 34.4 Å². The third kappa shape index (κ3) is 4.37. The summed E-state index contributed by atoms with van der Waals surface area (Å²) in [5, 5.41) is 4.43. The number of alkyl halides is 4. The van der Waals surface area contributed by atoms with Crippen LogP contribution in [0.25, 0.3) is 11.4 Å². The highest BCUT2D eigenvalue weighted by molar-refractivity contribution is 5.80. The van der Waals surface area contributed by atoms with Gasteiger partial charge in [-0.2, -0.15) is 18.2 Å². The SMILES string of the molecule is O=C(C1CC1)N(Cc1ccc(-c2noc(C(F)(F)F)n2)cc1)OCCF. The van der Waals surface area contributed by atoms with Gasteiger partial charge in [0.1, 0.15) is 13.3 Å². The molecule has 1 aliphatic rings. The lowest BCUT2D eigenvalue weighted by Crippen LogP contribution is -2.32. The molecule has 1 amide bonds. The molecule has 140 valence electrons. The zero-order chi connectivity index (χ0) is 18.7. The Morgan fingerprint density at radius 1 is 1.27 bits per heavy atom. The Labute approximate surface area is 145 Å². The quantitative estimate of drug-likeness (QED) is 0.550. The number of halogens is 4. The van der Waals surface area contributed by atoms with Gasteiger partial charge in [-0.1, -0.05) is 29.4 Å². The number of rotatable bonds is 7. The first-order valence-corrected chi connectivity index (χ1v) is 7.89. The highest BCUT2D eigenvalue weighted by Gasteiger charge is 2.38. The van der Waals surface area contributed by atoms with Gasteiger partial charge >= 0.3 is 12.1 Å². The van der Waals surface area contributed by atoms with E-state index >= 15 is 0 Å². The average Bonchev–Trinajstić information content (AvgIpc) is 3.33. The molecule has 2 aromatic rings. The molecule has 0 saturated heterocycles. The van der Waals surface area contributed by atoms with Crippen LogP contribution in [0.3, 0.4) is 0 Å². The van der Waals surface area contributed by atoms with E-state index in [1.807, 2.05) is 0 Å². The van der Waals surface area contributed by atoms with E-state index in [0.717, 1.165) is 17.9 Å². The summed E-state index contributed by atoms with van der Waals surface area (Å²) >= 11 is 0. The van der Waals surface area contributed by atoms with E-state index in [1.165, 1.54) is 12.1 Å². The summed E-state index contributed by atoms with van der Waals surface area (Å²) in [5.74, 6) is -1.90. The zero-order valence-corrected chi connectivity index (χ0v) is 13.5. The van der Waals surface area contributed by atoms with Crippen molar-refractivity contribution in [3.8, 4) is 11.4 Å². The summed E-state index contributed by atoms with van der Waals surface area (Å²) in [4.78, 5) is 20.6. The van der Waals surface area contributed by atoms with Crippen molar-refractivity contribution in [3.05, 3.63) is 35.7 Å². The minimum Gasteiger partial charge on any atom is -0.329 e. The van der Waals surface area contributed by atoms with E-state index in [1.54, 1.807) is 12.1 Å². The van der Waals surface area contributed by atoms with Crippen LogP contribution in [-0.2, 0) is 22.4 Å². The van der Waals surface area contributed by atoms with Crippen LogP contribution in [0.15, 0.2) is 28.8 Å². The van der Waals surface area contributed by atoms with Crippen molar-refractivity contribution in [1.82, 2.24) is 15.2 Å². The topological polar surface area (TPSA) is 68.5 Å². The molecule has 0 bridgehead atoms. The van der Waals surface area contributed by atoms with Crippen molar-refractivity contribution < 1.29 is 31.7 Å². The van der Waals surface area contributed by atoms with E-state index in [2.05, 4.69) is 14.7 Å². The number of carbonyl (C=O) groups excluding carboxylic acids is 1. The largest absolute Gasteiger partial charge is 0.471 e. The van der Waals surface area contributed by atoms with E-state index in [4.69, 9.17) is 4.84 Å². The molecule has 0 unspecified atom stereocenters. The maximum absolute atomic E-state index is 12.5. The lowest BCUT2D eigenvalue weighted by atomic mass is 10.1. The summed E-state index contributed by atoms with van der Waals surface area (Å²) in [6, 6.07) is 6.22. The molecule has 10 heteroatoms. The minimum atomic E-state index is -4.71. The molecule has 0 aliphatic heterocycles. The molecule has 0 atom stereocenters. The second kappa shape index (κ2) is 7.40. The molecule has 1 fully saturated rings. The summed E-state index contributed by atoms with van der Waals surface area (Å²) < 4.78 is 54.0. The minimum absolute atomic E-state index is 0.0889. The Balaban J connectivity index is 1.69. The molecule has 1 aliphatic carbocycles. The van der Waals surface area contributed by atoms with Crippen LogP contribution >= 0.6 is 0 Å². The standard InChI is InChI=1S/C16H15F4N3O3/c17-7-8-25-23(14(24)12-5-6-12)9-10-1-3-11(4-2-10)13-21-15(26-22-13)16(18,19)20/h1-4,12H,5-9H2. The van der Waals surface area contributed by atoms with Crippen molar-refractivity contribution in [2.24, 2.45) is 5.92 Å². The van der Waals surface area contributed by atoms with Crippen LogP contribution in [0.2, 0.25) is 0 Å². The van der Waals surface area contributed by atoms with Gasteiger partial charge in [0.05, 0.1) is 6.54 Å². The summed E-state index contributed by atoms with van der Waals surface area (Å²) in [5.41, 5.74) is 0.999. The van der Waals surface area contributed by atoms with E-state index in [9.17, 15) is 22.4 Å². The molecule has 0 spiro atoms. The Kier molecular flexibility index (Phi) is 5.21. The fraction of sp³-hybridized carbons (Fsp3) is 0.438. The molecule has 1 aromatic heterocycles. The first-order valence-electron chi connectivity index (χ1n) is 7.89. The lowest BCUT2D eigenvalue weighted by Gasteiger charge is -2.21. The number of amides is 1. The van der Waals surface area contributed by atoms with Crippen molar-refractivity contribution in [3.63, 3.8) is 0 Å². The molecule has 0 N–H and O–H groups in total. The Morgan fingerprint density at radius 3 is 2.50 bits per heavy atom. The second-order valence-corrected chi connectivity index (χ2v) is 5.79. The number of nitrogens with zero attached hydrogens (tertiary/aromatic N) is 3. The molecule has 6 nitrogen and oxygen atoms in total. The zero-order valence-electron chi connectivity index (χ0n) is 13.5. The fourth-order valence-electron chi connectivity index (χ4n) is 2.25. The number of carbonyl (C=O) groups is 1. The molecule has 1 saturated carbocycles. The van der Waals surface area contributed by atoms with Gasteiger partial charge < -0.3 is 4.52 Å². The van der Waals surface area contributed by atoms with Crippen molar-refractivity contribution in [1.29, 1.82) is 0 Å². The smallest absolute Gasteiger partial charge is 0.329 e. The molecular formula is C16H15F4N3O3. The molecule has 26 heavy (non-hydrogen) atoms. The average molecular weight is 373 g/mol. The van der Waals surface area contributed by atoms with Crippen molar-refractivity contribution >= 4 is 5.91 Å². The molecule has 1 heterocycles. The number of aromatic nitrogens is 2. The Morgan fingerprint density at radius 2 is 1.96 bits per heavy atom. The molecular weight excluding hydrogens is 358 g/mol. The van der Waals surface area contributed by atoms with Gasteiger partial charge in [0.2, 0.25) is 11.7 Å². The predicted molar refractivity (Wildman–Crippen MR) is 79.9 cm³/mol. The first kappa shape index (κ1) is 18.3. The van der Waals surface area contributed by atoms with Crippen LogP contribution in [0.4, 0.5) is 17.6 Å². The van der Waals surface area contributed by atoms with Gasteiger partial charge in [-0.3, -0.25) is 9.63 Å². The van der Waals surface area contributed by atoms with E-state index < -0.39 is 18.7 Å². The Hall–Kier alpha value is -2.49. The van der Waals surface area contributed by atoms with Gasteiger partial charge in [-0.05, 0) is 18.4 Å². The second-order valence-electron chi connectivity index (χ2n) is 5.79. The van der Waals surface area contributed by atoms with Crippen molar-refractivity contribution in [2.45, 2.75) is 25.6 Å². The highest BCUT2D eigenvalue weighted by atomic mass is 19.4. The van der Waals surface area contributed by atoms with Crippen LogP contribution < -0.4 is 0 Å². The summed E-state index contributed by atoms with van der Waals surface area (Å²) in [6.45, 7) is -0.831. The maximum atomic E-state index is 12.5. The number of hydrogen-bond donors (Lipinski definition) is 0. The van der Waals surface area contributed by atoms with E-state index in [-0.39, 0.29) is 30.8 Å². The fourth-order valence-corrected chi connectivity index (χ4v) is 2.25. The van der Waals surface area contributed by atoms with Gasteiger partial charge in [-0.15, -0.1) is 0 Å². The summed E-state index contributed by atoms with van der Waals surface area (Å²) in [6.07, 6.45) is -3.14. The van der Waals surface area contributed by atoms with Gasteiger partial charge in [0.15, 0.2) is 0 Å². The molecule has 3 rings (SSSR count). The third-order valence-corrected chi connectivity index (χ3v) is 3.70. The normalized spacial score (nSPS) is 14.5. The maximum Gasteiger partial charge on any atom is 0.471 e.